The molecule has 0 amide bonds. The summed E-state index contributed by atoms with van der Waals surface area (Å²) in [7, 11) is 0. The van der Waals surface area contributed by atoms with Crippen LogP contribution in [-0.2, 0) is 16.1 Å². The largest absolute Gasteiger partial charge is 0.461 e. The molecule has 0 spiro atoms. The van der Waals surface area contributed by atoms with Gasteiger partial charge in [-0.05, 0) is 13.0 Å². The third kappa shape index (κ3) is 3.83. The van der Waals surface area contributed by atoms with Gasteiger partial charge in [-0.1, -0.05) is 20.8 Å². The van der Waals surface area contributed by atoms with Crippen molar-refractivity contribution in [3.8, 4) is 5.13 Å². The van der Waals surface area contributed by atoms with Crippen LogP contribution in [0.4, 0.5) is 17.6 Å². The SMILES string of the molecule is CCOC(=O)c1csc(-n2nc(C(C)(C)C)cc2C(F)(F)C(F)F)n1. The summed E-state index contributed by atoms with van der Waals surface area (Å²) in [6, 6.07) is 0.942. The Labute approximate surface area is 145 Å². The second-order valence-electron chi connectivity index (χ2n) is 6.24. The van der Waals surface area contributed by atoms with Crippen molar-refractivity contribution in [2.75, 3.05) is 6.61 Å². The first-order chi connectivity index (χ1) is 11.5. The van der Waals surface area contributed by atoms with Crippen LogP contribution in [0, 0.1) is 0 Å². The Morgan fingerprint density at radius 2 is 2.00 bits per heavy atom. The average molecular weight is 379 g/mol. The highest BCUT2D eigenvalue weighted by Gasteiger charge is 2.47. The predicted molar refractivity (Wildman–Crippen MR) is 83.8 cm³/mol. The molecule has 0 fully saturated rings. The number of thiazole rings is 1. The number of ether oxygens (including phenoxy) is 1. The van der Waals surface area contributed by atoms with E-state index in [1.165, 1.54) is 5.38 Å². The lowest BCUT2D eigenvalue weighted by Crippen LogP contribution is -2.27. The van der Waals surface area contributed by atoms with Crippen molar-refractivity contribution in [3.05, 3.63) is 28.5 Å². The standard InChI is InChI=1S/C15H17F4N3O2S/c1-5-24-11(23)8-7-25-13(20-8)22-10(15(18,19)12(16)17)6-9(21-22)14(2,3)4/h6-7,12H,5H2,1-4H3. The van der Waals surface area contributed by atoms with Crippen LogP contribution in [0.2, 0.25) is 0 Å². The molecule has 0 atom stereocenters. The summed E-state index contributed by atoms with van der Waals surface area (Å²) < 4.78 is 59.1. The first-order valence-electron chi connectivity index (χ1n) is 7.38. The molecule has 0 aliphatic carbocycles. The molecule has 2 aromatic heterocycles. The lowest BCUT2D eigenvalue weighted by molar-refractivity contribution is -0.139. The Bertz CT molecular complexity index is 765. The maximum Gasteiger partial charge on any atom is 0.357 e. The van der Waals surface area contributed by atoms with Crippen LogP contribution >= 0.6 is 11.3 Å². The Kier molecular flexibility index (Phi) is 5.22. The highest BCUT2D eigenvalue weighted by atomic mass is 32.1. The summed E-state index contributed by atoms with van der Waals surface area (Å²) in [5, 5.41) is 5.20. The molecule has 2 heterocycles. The number of nitrogens with zero attached hydrogens (tertiary/aromatic N) is 3. The number of alkyl halides is 4. The van der Waals surface area contributed by atoms with Gasteiger partial charge in [-0.25, -0.2) is 23.2 Å². The van der Waals surface area contributed by atoms with Crippen LogP contribution in [0.25, 0.3) is 5.13 Å². The fourth-order valence-electron chi connectivity index (χ4n) is 1.90. The van der Waals surface area contributed by atoms with Crippen LogP contribution in [0.5, 0.6) is 0 Å². The topological polar surface area (TPSA) is 57.0 Å². The van der Waals surface area contributed by atoms with Gasteiger partial charge in [0.15, 0.2) is 5.69 Å². The first-order valence-corrected chi connectivity index (χ1v) is 8.26. The Morgan fingerprint density at radius 1 is 1.36 bits per heavy atom. The summed E-state index contributed by atoms with van der Waals surface area (Å²) in [4.78, 5) is 15.6. The van der Waals surface area contributed by atoms with Crippen LogP contribution < -0.4 is 0 Å². The lowest BCUT2D eigenvalue weighted by atomic mass is 9.92. The Morgan fingerprint density at radius 3 is 2.52 bits per heavy atom. The molecule has 0 saturated heterocycles. The Balaban J connectivity index is 2.56. The van der Waals surface area contributed by atoms with Crippen molar-refractivity contribution < 1.29 is 27.1 Å². The van der Waals surface area contributed by atoms with Crippen molar-refractivity contribution in [2.24, 2.45) is 0 Å². The molecule has 10 heteroatoms. The van der Waals surface area contributed by atoms with Gasteiger partial charge in [-0.2, -0.15) is 13.9 Å². The normalized spacial score (nSPS) is 12.7. The third-order valence-corrected chi connectivity index (χ3v) is 4.07. The third-order valence-electron chi connectivity index (χ3n) is 3.25. The summed E-state index contributed by atoms with van der Waals surface area (Å²) in [6.07, 6.45) is -3.90. The van der Waals surface area contributed by atoms with E-state index in [4.69, 9.17) is 4.74 Å². The summed E-state index contributed by atoms with van der Waals surface area (Å²) in [5.41, 5.74) is -1.51. The van der Waals surface area contributed by atoms with Gasteiger partial charge in [-0.3, -0.25) is 0 Å². The molecule has 0 aliphatic heterocycles. The van der Waals surface area contributed by atoms with Crippen LogP contribution in [0.3, 0.4) is 0 Å². The average Bonchev–Trinajstić information content (AvgIpc) is 3.13. The molecule has 0 aromatic carbocycles. The second kappa shape index (κ2) is 6.74. The van der Waals surface area contributed by atoms with Crippen LogP contribution in [0.1, 0.15) is 49.6 Å². The number of rotatable bonds is 5. The first kappa shape index (κ1) is 19.4. The smallest absolute Gasteiger partial charge is 0.357 e. The molecule has 2 aromatic rings. The van der Waals surface area contributed by atoms with Gasteiger partial charge in [0.2, 0.25) is 5.13 Å². The number of hydrogen-bond acceptors (Lipinski definition) is 5. The maximum absolute atomic E-state index is 14.0. The highest BCUT2D eigenvalue weighted by molar-refractivity contribution is 7.12. The van der Waals surface area contributed by atoms with E-state index in [-0.39, 0.29) is 23.1 Å². The van der Waals surface area contributed by atoms with E-state index in [0.29, 0.717) is 4.68 Å². The summed E-state index contributed by atoms with van der Waals surface area (Å²) in [6.45, 7) is 6.88. The lowest BCUT2D eigenvalue weighted by Gasteiger charge is -2.15. The van der Waals surface area contributed by atoms with Crippen LogP contribution in [0.15, 0.2) is 11.4 Å². The van der Waals surface area contributed by atoms with E-state index in [1.807, 2.05) is 0 Å². The molecule has 2 rings (SSSR count). The van der Waals surface area contributed by atoms with E-state index in [9.17, 15) is 22.4 Å². The number of carbonyl (C=O) groups excluding carboxylic acids is 1. The van der Waals surface area contributed by atoms with Crippen LogP contribution in [-0.4, -0.2) is 33.8 Å². The van der Waals surface area contributed by atoms with Crippen molar-refractivity contribution in [3.63, 3.8) is 0 Å². The fraction of sp³-hybridized carbons (Fsp3) is 0.533. The van der Waals surface area contributed by atoms with E-state index < -0.39 is 29.4 Å². The fourth-order valence-corrected chi connectivity index (χ4v) is 2.66. The van der Waals surface area contributed by atoms with Crippen molar-refractivity contribution in [2.45, 2.75) is 45.5 Å². The number of esters is 1. The monoisotopic (exact) mass is 379 g/mol. The molecule has 0 aliphatic rings. The van der Waals surface area contributed by atoms with E-state index in [1.54, 1.807) is 27.7 Å². The molecular formula is C15H17F4N3O2S. The maximum atomic E-state index is 14.0. The number of carbonyl (C=O) groups is 1. The second-order valence-corrected chi connectivity index (χ2v) is 7.07. The quantitative estimate of drug-likeness (QED) is 0.578. The molecule has 0 bridgehead atoms. The van der Waals surface area contributed by atoms with E-state index in [0.717, 1.165) is 17.4 Å². The van der Waals surface area contributed by atoms with Crippen molar-refractivity contribution in [1.82, 2.24) is 14.8 Å². The molecular weight excluding hydrogens is 362 g/mol. The molecule has 0 N–H and O–H groups in total. The molecule has 0 saturated carbocycles. The number of aromatic nitrogens is 3. The molecule has 138 valence electrons. The van der Waals surface area contributed by atoms with Crippen molar-refractivity contribution >= 4 is 17.3 Å². The van der Waals surface area contributed by atoms with Gasteiger partial charge in [0.05, 0.1) is 12.3 Å². The molecule has 5 nitrogen and oxygen atoms in total. The van der Waals surface area contributed by atoms with Crippen molar-refractivity contribution in [1.29, 1.82) is 0 Å². The zero-order chi connectivity index (χ0) is 19.0. The predicted octanol–water partition coefficient (Wildman–Crippen LogP) is 4.16. The minimum Gasteiger partial charge on any atom is -0.461 e. The van der Waals surface area contributed by atoms with Gasteiger partial charge in [0.1, 0.15) is 5.69 Å². The number of hydrogen-bond donors (Lipinski definition) is 0. The van der Waals surface area contributed by atoms with Gasteiger partial charge in [-0.15, -0.1) is 11.3 Å². The van der Waals surface area contributed by atoms with E-state index >= 15 is 0 Å². The van der Waals surface area contributed by atoms with Gasteiger partial charge >= 0.3 is 18.3 Å². The minimum absolute atomic E-state index is 0.0963. The van der Waals surface area contributed by atoms with Gasteiger partial charge in [0.25, 0.3) is 0 Å². The zero-order valence-corrected chi connectivity index (χ0v) is 14.8. The highest BCUT2D eigenvalue weighted by Crippen LogP contribution is 2.38. The molecule has 0 radical (unpaired) electrons. The zero-order valence-electron chi connectivity index (χ0n) is 14.0. The number of halogens is 4. The summed E-state index contributed by atoms with van der Waals surface area (Å²) in [5.74, 6) is -5.14. The minimum atomic E-state index is -4.41. The molecule has 25 heavy (non-hydrogen) atoms. The Hall–Kier alpha value is -1.97. The molecule has 0 unspecified atom stereocenters. The van der Waals surface area contributed by atoms with Gasteiger partial charge in [0, 0.05) is 10.8 Å². The van der Waals surface area contributed by atoms with E-state index in [2.05, 4.69) is 10.1 Å². The summed E-state index contributed by atoms with van der Waals surface area (Å²) >= 11 is 0.833. The van der Waals surface area contributed by atoms with Gasteiger partial charge < -0.3 is 4.74 Å².